The first kappa shape index (κ1) is 32.4. The number of hydrogen-bond acceptors (Lipinski definition) is 1. The molecule has 258 valence electrons. The lowest BCUT2D eigenvalue weighted by Crippen LogP contribution is -2.11. The van der Waals surface area contributed by atoms with Crippen molar-refractivity contribution < 1.29 is 0 Å². The summed E-state index contributed by atoms with van der Waals surface area (Å²) in [5.74, 6) is 0. The van der Waals surface area contributed by atoms with Gasteiger partial charge in [-0.05, 0) is 108 Å². The van der Waals surface area contributed by atoms with Crippen LogP contribution in [0.1, 0.15) is 0 Å². The van der Waals surface area contributed by atoms with Gasteiger partial charge in [-0.1, -0.05) is 188 Å². The summed E-state index contributed by atoms with van der Waals surface area (Å²) in [6.45, 7) is 0. The van der Waals surface area contributed by atoms with Gasteiger partial charge in [0.2, 0.25) is 0 Å². The lowest BCUT2D eigenvalue weighted by Gasteiger charge is -2.28. The van der Waals surface area contributed by atoms with Crippen LogP contribution in [0.25, 0.3) is 76.8 Å². The van der Waals surface area contributed by atoms with E-state index in [0.29, 0.717) is 0 Å². The van der Waals surface area contributed by atoms with E-state index < -0.39 is 0 Å². The third-order valence-corrected chi connectivity index (χ3v) is 10.9. The van der Waals surface area contributed by atoms with Gasteiger partial charge in [0.1, 0.15) is 0 Å². The fourth-order valence-electron chi connectivity index (χ4n) is 8.26. The quantitative estimate of drug-likeness (QED) is 0.150. The molecule has 0 aliphatic rings. The van der Waals surface area contributed by atoms with Crippen LogP contribution in [0, 0.1) is 0 Å². The largest absolute Gasteiger partial charge is 0.310 e. The van der Waals surface area contributed by atoms with E-state index in [0.717, 1.165) is 17.1 Å². The van der Waals surface area contributed by atoms with Crippen LogP contribution >= 0.6 is 0 Å². The molecule has 0 aromatic heterocycles. The Kier molecular flexibility index (Phi) is 8.24. The molecule has 0 unspecified atom stereocenters. The molecule has 0 atom stereocenters. The molecule has 0 fully saturated rings. The second-order valence-electron chi connectivity index (χ2n) is 14.1. The van der Waals surface area contributed by atoms with Crippen molar-refractivity contribution >= 4 is 49.4 Å². The highest BCUT2D eigenvalue weighted by Crippen LogP contribution is 2.44. The molecule has 0 heterocycles. The van der Waals surface area contributed by atoms with Gasteiger partial charge >= 0.3 is 0 Å². The topological polar surface area (TPSA) is 3.24 Å². The third-order valence-electron chi connectivity index (χ3n) is 10.9. The second-order valence-corrected chi connectivity index (χ2v) is 14.1. The molecule has 1 heteroatoms. The molecular formula is C54H37N. The Morgan fingerprint density at radius 1 is 0.236 bits per heavy atom. The monoisotopic (exact) mass is 699 g/mol. The normalized spacial score (nSPS) is 11.3. The third kappa shape index (κ3) is 5.93. The molecule has 0 N–H and O–H groups in total. The van der Waals surface area contributed by atoms with Crippen LogP contribution in [0.15, 0.2) is 224 Å². The van der Waals surface area contributed by atoms with Gasteiger partial charge in [-0.25, -0.2) is 0 Å². The van der Waals surface area contributed by atoms with Crippen LogP contribution in [-0.2, 0) is 0 Å². The van der Waals surface area contributed by atoms with Crippen LogP contribution in [0.2, 0.25) is 0 Å². The van der Waals surface area contributed by atoms with Crippen molar-refractivity contribution in [1.29, 1.82) is 0 Å². The van der Waals surface area contributed by atoms with Crippen LogP contribution in [0.5, 0.6) is 0 Å². The smallest absolute Gasteiger partial charge is 0.0540 e. The first-order chi connectivity index (χ1) is 27.3. The van der Waals surface area contributed by atoms with Gasteiger partial charge in [-0.3, -0.25) is 0 Å². The van der Waals surface area contributed by atoms with E-state index in [-0.39, 0.29) is 0 Å². The molecule has 0 spiro atoms. The minimum atomic E-state index is 1.09. The van der Waals surface area contributed by atoms with Crippen LogP contribution in [0.3, 0.4) is 0 Å². The first-order valence-electron chi connectivity index (χ1n) is 18.9. The Morgan fingerprint density at radius 2 is 0.691 bits per heavy atom. The number of rotatable bonds is 7. The van der Waals surface area contributed by atoms with Gasteiger partial charge in [0.05, 0.1) is 5.69 Å². The number of anilines is 3. The predicted octanol–water partition coefficient (Wildman–Crippen LogP) is 15.3. The van der Waals surface area contributed by atoms with Crippen molar-refractivity contribution in [3.05, 3.63) is 224 Å². The maximum absolute atomic E-state index is 2.41. The zero-order valence-electron chi connectivity index (χ0n) is 30.3. The van der Waals surface area contributed by atoms with Gasteiger partial charge in [-0.2, -0.15) is 0 Å². The number of benzene rings is 10. The lowest BCUT2D eigenvalue weighted by atomic mass is 9.93. The maximum Gasteiger partial charge on any atom is 0.0540 e. The van der Waals surface area contributed by atoms with E-state index >= 15 is 0 Å². The molecule has 0 saturated carbocycles. The van der Waals surface area contributed by atoms with Crippen LogP contribution < -0.4 is 4.90 Å². The molecule has 0 bridgehead atoms. The van der Waals surface area contributed by atoms with Gasteiger partial charge < -0.3 is 4.90 Å². The Labute approximate surface area is 322 Å². The van der Waals surface area contributed by atoms with Gasteiger partial charge in [0, 0.05) is 16.9 Å². The summed E-state index contributed by atoms with van der Waals surface area (Å²) in [6.07, 6.45) is 0. The molecule has 0 aliphatic carbocycles. The zero-order valence-corrected chi connectivity index (χ0v) is 30.3. The van der Waals surface area contributed by atoms with Gasteiger partial charge in [0.15, 0.2) is 0 Å². The highest BCUT2D eigenvalue weighted by molar-refractivity contribution is 6.14. The van der Waals surface area contributed by atoms with Crippen LogP contribution in [-0.4, -0.2) is 0 Å². The lowest BCUT2D eigenvalue weighted by molar-refractivity contribution is 1.28. The van der Waals surface area contributed by atoms with Crippen molar-refractivity contribution in [3.8, 4) is 44.5 Å². The SMILES string of the molecule is c1ccc(-c2ccccc2-c2ccc(N(c3ccc(-c4cc5ccccc5c5ccccc45)cc3)c3ccccc3-c3cccc4ccccc34)cc2)cc1. The fraction of sp³-hybridized carbons (Fsp3) is 0. The average molecular weight is 700 g/mol. The number of fused-ring (bicyclic) bond motifs is 4. The fourth-order valence-corrected chi connectivity index (χ4v) is 8.26. The number of nitrogens with zero attached hydrogens (tertiary/aromatic N) is 1. The molecular weight excluding hydrogens is 663 g/mol. The molecule has 1 nitrogen and oxygen atoms in total. The first-order valence-corrected chi connectivity index (χ1v) is 18.9. The minimum absolute atomic E-state index is 1.09. The minimum Gasteiger partial charge on any atom is -0.310 e. The van der Waals surface area contributed by atoms with E-state index in [1.54, 1.807) is 0 Å². The summed E-state index contributed by atoms with van der Waals surface area (Å²) < 4.78 is 0. The zero-order chi connectivity index (χ0) is 36.6. The summed E-state index contributed by atoms with van der Waals surface area (Å²) in [5, 5.41) is 7.54. The van der Waals surface area contributed by atoms with E-state index in [2.05, 4.69) is 229 Å². The Bertz CT molecular complexity index is 2950. The number of hydrogen-bond donors (Lipinski definition) is 0. The van der Waals surface area contributed by atoms with E-state index in [9.17, 15) is 0 Å². The second kappa shape index (κ2) is 14.0. The van der Waals surface area contributed by atoms with Crippen molar-refractivity contribution in [3.63, 3.8) is 0 Å². The average Bonchev–Trinajstić information content (AvgIpc) is 3.27. The summed E-state index contributed by atoms with van der Waals surface area (Å²) in [4.78, 5) is 2.41. The molecule has 0 amide bonds. The van der Waals surface area contributed by atoms with Crippen molar-refractivity contribution in [1.82, 2.24) is 0 Å². The summed E-state index contributed by atoms with van der Waals surface area (Å²) in [7, 11) is 0. The van der Waals surface area contributed by atoms with Crippen LogP contribution in [0.4, 0.5) is 17.1 Å². The Hall–Kier alpha value is -7.22. The van der Waals surface area contributed by atoms with Crippen molar-refractivity contribution in [2.45, 2.75) is 0 Å². The number of para-hydroxylation sites is 1. The van der Waals surface area contributed by atoms with E-state index in [1.807, 2.05) is 0 Å². The van der Waals surface area contributed by atoms with Crippen molar-refractivity contribution in [2.75, 3.05) is 4.90 Å². The standard InChI is InChI=1S/C54H37N/c1-2-15-38(16-3-1)45-20-8-9-21-46(45)40-29-33-43(34-30-40)55(54-28-13-12-26-52(54)50-27-14-19-39-17-4-6-22-47(39)50)44-35-31-41(32-36-44)53-37-42-18-5-7-23-48(42)49-24-10-11-25-51(49)53/h1-37H. The Balaban J connectivity index is 1.13. The molecule has 0 saturated heterocycles. The van der Waals surface area contributed by atoms with Gasteiger partial charge in [-0.15, -0.1) is 0 Å². The molecule has 10 rings (SSSR count). The summed E-state index contributed by atoms with van der Waals surface area (Å²) in [6, 6.07) is 81.4. The predicted molar refractivity (Wildman–Crippen MR) is 235 cm³/mol. The van der Waals surface area contributed by atoms with E-state index in [1.165, 1.54) is 76.8 Å². The Morgan fingerprint density at radius 3 is 1.38 bits per heavy atom. The van der Waals surface area contributed by atoms with E-state index in [4.69, 9.17) is 0 Å². The highest BCUT2D eigenvalue weighted by Gasteiger charge is 2.19. The molecule has 10 aromatic rings. The summed E-state index contributed by atoms with van der Waals surface area (Å²) in [5.41, 5.74) is 13.0. The van der Waals surface area contributed by atoms with Crippen molar-refractivity contribution in [2.24, 2.45) is 0 Å². The highest BCUT2D eigenvalue weighted by atomic mass is 15.1. The molecule has 0 aliphatic heterocycles. The summed E-state index contributed by atoms with van der Waals surface area (Å²) >= 11 is 0. The van der Waals surface area contributed by atoms with Gasteiger partial charge in [0.25, 0.3) is 0 Å². The molecule has 55 heavy (non-hydrogen) atoms. The maximum atomic E-state index is 2.41. The molecule has 10 aromatic carbocycles. The molecule has 0 radical (unpaired) electrons.